The van der Waals surface area contributed by atoms with Crippen LogP contribution in [0.4, 0.5) is 10.1 Å². The molecule has 0 bridgehead atoms. The number of hydrogen-bond acceptors (Lipinski definition) is 3. The van der Waals surface area contributed by atoms with Crippen LogP contribution in [-0.4, -0.2) is 5.78 Å². The lowest BCUT2D eigenvalue weighted by molar-refractivity contribution is 0.103. The third-order valence-corrected chi connectivity index (χ3v) is 6.13. The number of rotatable bonds is 1. The standard InChI is InChI=1S/C22H14FNOS/c23-14-11-9-13(10-12-14)22-19-20(15-5-1-2-6-16(15)21(19)25)24-17-7-3-4-8-18(17)26-22/h1-12,22,24H. The predicted molar refractivity (Wildman–Crippen MR) is 103 cm³/mol. The van der Waals surface area contributed by atoms with Crippen LogP contribution in [0.1, 0.15) is 26.7 Å². The Bertz CT molecular complexity index is 1070. The topological polar surface area (TPSA) is 29.1 Å². The molecule has 0 radical (unpaired) electrons. The third-order valence-electron chi connectivity index (χ3n) is 4.78. The fourth-order valence-electron chi connectivity index (χ4n) is 3.55. The number of hydrogen-bond donors (Lipinski definition) is 1. The van der Waals surface area contributed by atoms with E-state index in [0.29, 0.717) is 0 Å². The van der Waals surface area contributed by atoms with Gasteiger partial charge < -0.3 is 5.32 Å². The van der Waals surface area contributed by atoms with Gasteiger partial charge in [-0.25, -0.2) is 4.39 Å². The molecule has 0 aromatic heterocycles. The van der Waals surface area contributed by atoms with Crippen molar-refractivity contribution in [2.45, 2.75) is 10.1 Å². The summed E-state index contributed by atoms with van der Waals surface area (Å²) in [5, 5.41) is 3.29. The molecule has 0 saturated heterocycles. The molecule has 26 heavy (non-hydrogen) atoms. The van der Waals surface area contributed by atoms with E-state index in [4.69, 9.17) is 0 Å². The largest absolute Gasteiger partial charge is 0.354 e. The maximum absolute atomic E-state index is 13.4. The third kappa shape index (κ3) is 2.30. The van der Waals surface area contributed by atoms with Crippen LogP contribution in [0.5, 0.6) is 0 Å². The van der Waals surface area contributed by atoms with Gasteiger partial charge in [-0.05, 0) is 29.8 Å². The first-order valence-electron chi connectivity index (χ1n) is 8.39. The van der Waals surface area contributed by atoms with Crippen LogP contribution >= 0.6 is 11.8 Å². The number of ketones is 1. The highest BCUT2D eigenvalue weighted by Crippen LogP contribution is 2.52. The number of carbonyl (C=O) groups excluding carboxylic acids is 1. The van der Waals surface area contributed by atoms with Crippen LogP contribution in [0.25, 0.3) is 5.70 Å². The second-order valence-corrected chi connectivity index (χ2v) is 7.48. The Morgan fingerprint density at radius 1 is 0.846 bits per heavy atom. The Labute approximate surface area is 154 Å². The summed E-state index contributed by atoms with van der Waals surface area (Å²) in [5.41, 5.74) is 5.15. The van der Waals surface area contributed by atoms with Crippen molar-refractivity contribution in [3.05, 3.63) is 101 Å². The van der Waals surface area contributed by atoms with E-state index in [0.717, 1.165) is 38.5 Å². The lowest BCUT2D eigenvalue weighted by Crippen LogP contribution is -2.07. The van der Waals surface area contributed by atoms with Crippen LogP contribution in [0.15, 0.2) is 83.3 Å². The van der Waals surface area contributed by atoms with E-state index in [1.807, 2.05) is 48.5 Å². The maximum atomic E-state index is 13.4. The minimum absolute atomic E-state index is 0.0396. The van der Waals surface area contributed by atoms with E-state index < -0.39 is 0 Å². The number of para-hydroxylation sites is 1. The Morgan fingerprint density at radius 3 is 2.35 bits per heavy atom. The molecule has 126 valence electrons. The maximum Gasteiger partial charge on any atom is 0.193 e. The van der Waals surface area contributed by atoms with Gasteiger partial charge in [-0.15, -0.1) is 11.8 Å². The average molecular weight is 359 g/mol. The van der Waals surface area contributed by atoms with Crippen molar-refractivity contribution in [1.29, 1.82) is 0 Å². The van der Waals surface area contributed by atoms with Crippen molar-refractivity contribution in [2.75, 3.05) is 5.32 Å². The number of Topliss-reactive ketones (excluding diaryl/α,β-unsaturated/α-hetero) is 1. The van der Waals surface area contributed by atoms with Crippen LogP contribution in [0.3, 0.4) is 0 Å². The van der Waals surface area contributed by atoms with E-state index in [-0.39, 0.29) is 16.9 Å². The minimum atomic E-state index is -0.277. The lowest BCUT2D eigenvalue weighted by Gasteiger charge is -2.17. The van der Waals surface area contributed by atoms with Crippen molar-refractivity contribution in [2.24, 2.45) is 0 Å². The Morgan fingerprint density at radius 2 is 1.54 bits per heavy atom. The van der Waals surface area contributed by atoms with E-state index in [1.54, 1.807) is 23.9 Å². The number of nitrogens with one attached hydrogen (secondary N) is 1. The Kier molecular flexibility index (Phi) is 3.47. The molecule has 2 nitrogen and oxygen atoms in total. The molecule has 0 saturated carbocycles. The number of fused-ring (bicyclic) bond motifs is 3. The zero-order valence-electron chi connectivity index (χ0n) is 13.7. The van der Waals surface area contributed by atoms with E-state index in [9.17, 15) is 9.18 Å². The molecule has 1 heterocycles. The molecule has 5 rings (SSSR count). The summed E-state index contributed by atoms with van der Waals surface area (Å²) in [6.07, 6.45) is 0. The van der Waals surface area contributed by atoms with Crippen molar-refractivity contribution in [1.82, 2.24) is 0 Å². The highest BCUT2D eigenvalue weighted by molar-refractivity contribution is 8.00. The predicted octanol–water partition coefficient (Wildman–Crippen LogP) is 5.69. The molecule has 3 aromatic carbocycles. The van der Waals surface area contributed by atoms with Crippen molar-refractivity contribution in [3.8, 4) is 0 Å². The van der Waals surface area contributed by atoms with E-state index >= 15 is 0 Å². The van der Waals surface area contributed by atoms with Gasteiger partial charge in [0.05, 0.1) is 16.6 Å². The summed E-state index contributed by atoms with van der Waals surface area (Å²) in [7, 11) is 0. The summed E-state index contributed by atoms with van der Waals surface area (Å²) in [4.78, 5) is 14.3. The Balaban J connectivity index is 1.74. The second kappa shape index (κ2) is 5.85. The van der Waals surface area contributed by atoms with Crippen LogP contribution in [0.2, 0.25) is 0 Å². The Hall–Kier alpha value is -2.85. The molecule has 0 fully saturated rings. The van der Waals surface area contributed by atoms with Crippen molar-refractivity contribution >= 4 is 28.9 Å². The first-order chi connectivity index (χ1) is 12.7. The number of thioether (sulfide) groups is 1. The van der Waals surface area contributed by atoms with Gasteiger partial charge in [0.1, 0.15) is 5.82 Å². The van der Waals surface area contributed by atoms with Gasteiger partial charge in [-0.2, -0.15) is 0 Å². The minimum Gasteiger partial charge on any atom is -0.354 e. The molecular weight excluding hydrogens is 345 g/mol. The fourth-order valence-corrected chi connectivity index (χ4v) is 4.85. The van der Waals surface area contributed by atoms with Crippen LogP contribution < -0.4 is 5.32 Å². The van der Waals surface area contributed by atoms with Gasteiger partial charge in [-0.1, -0.05) is 48.5 Å². The van der Waals surface area contributed by atoms with Gasteiger partial charge in [0.2, 0.25) is 0 Å². The number of carbonyl (C=O) groups is 1. The number of anilines is 1. The van der Waals surface area contributed by atoms with Gasteiger partial charge in [0.15, 0.2) is 5.78 Å². The normalized spacial score (nSPS) is 17.9. The molecule has 0 amide bonds. The molecule has 1 unspecified atom stereocenters. The highest BCUT2D eigenvalue weighted by atomic mass is 32.2. The molecule has 1 atom stereocenters. The molecule has 1 N–H and O–H groups in total. The monoisotopic (exact) mass is 359 g/mol. The summed E-state index contributed by atoms with van der Waals surface area (Å²) in [5.74, 6) is -0.237. The molecule has 1 aliphatic carbocycles. The van der Waals surface area contributed by atoms with Crippen LogP contribution in [-0.2, 0) is 0 Å². The van der Waals surface area contributed by atoms with Gasteiger partial charge >= 0.3 is 0 Å². The lowest BCUT2D eigenvalue weighted by atomic mass is 10.0. The molecule has 1 aliphatic heterocycles. The quantitative estimate of drug-likeness (QED) is 0.605. The fraction of sp³-hybridized carbons (Fsp3) is 0.0455. The zero-order valence-corrected chi connectivity index (χ0v) is 14.5. The summed E-state index contributed by atoms with van der Waals surface area (Å²) < 4.78 is 13.4. The molecular formula is C22H14FNOS. The SMILES string of the molecule is O=C1C2=C(Nc3ccccc3SC2c2ccc(F)cc2)c2ccccc21. The van der Waals surface area contributed by atoms with Crippen molar-refractivity contribution < 1.29 is 9.18 Å². The van der Waals surface area contributed by atoms with Gasteiger partial charge in [0, 0.05) is 21.6 Å². The highest BCUT2D eigenvalue weighted by Gasteiger charge is 2.37. The molecule has 2 aliphatic rings. The van der Waals surface area contributed by atoms with Crippen molar-refractivity contribution in [3.63, 3.8) is 0 Å². The van der Waals surface area contributed by atoms with Crippen LogP contribution in [0, 0.1) is 5.82 Å². The first-order valence-corrected chi connectivity index (χ1v) is 9.27. The second-order valence-electron chi connectivity index (χ2n) is 6.33. The first kappa shape index (κ1) is 15.4. The number of halogens is 1. The summed E-state index contributed by atoms with van der Waals surface area (Å²) in [6.45, 7) is 0. The van der Waals surface area contributed by atoms with Gasteiger partial charge in [-0.3, -0.25) is 4.79 Å². The smallest absolute Gasteiger partial charge is 0.193 e. The zero-order chi connectivity index (χ0) is 17.7. The average Bonchev–Trinajstić information content (AvgIpc) is 2.84. The van der Waals surface area contributed by atoms with E-state index in [1.165, 1.54) is 12.1 Å². The molecule has 3 aromatic rings. The van der Waals surface area contributed by atoms with E-state index in [2.05, 4.69) is 5.32 Å². The number of benzene rings is 3. The summed E-state index contributed by atoms with van der Waals surface area (Å²) >= 11 is 1.62. The molecule has 4 heteroatoms. The molecule has 0 spiro atoms. The summed E-state index contributed by atoms with van der Waals surface area (Å²) in [6, 6.07) is 22.1. The van der Waals surface area contributed by atoms with Gasteiger partial charge in [0.25, 0.3) is 0 Å².